The normalized spacial score (nSPS) is 11.7. The number of ether oxygens (including phenoxy) is 2. The number of aryl methyl sites for hydroxylation is 1. The van der Waals surface area contributed by atoms with Gasteiger partial charge in [-0.1, -0.05) is 11.6 Å². The van der Waals surface area contributed by atoms with Gasteiger partial charge in [-0.15, -0.1) is 11.3 Å². The number of hydrogen-bond acceptors (Lipinski definition) is 5. The van der Waals surface area contributed by atoms with Gasteiger partial charge in [0, 0.05) is 16.1 Å². The average molecular weight is 483 g/mol. The molecule has 0 aliphatic heterocycles. The molecule has 0 unspecified atom stereocenters. The number of thiazole rings is 1. The van der Waals surface area contributed by atoms with Crippen LogP contribution in [0.3, 0.4) is 0 Å². The monoisotopic (exact) mass is 481 g/mol. The average Bonchev–Trinajstić information content (AvgIpc) is 2.94. The van der Waals surface area contributed by atoms with Crippen molar-refractivity contribution in [3.63, 3.8) is 0 Å². The predicted octanol–water partition coefficient (Wildman–Crippen LogP) is 6.58. The van der Waals surface area contributed by atoms with Gasteiger partial charge in [0.15, 0.2) is 3.92 Å². The Balaban J connectivity index is 2.35. The molecule has 0 radical (unpaired) electrons. The van der Waals surface area contributed by atoms with E-state index in [0.29, 0.717) is 10.8 Å². The van der Waals surface area contributed by atoms with E-state index in [9.17, 15) is 4.79 Å². The molecule has 28 heavy (non-hydrogen) atoms. The van der Waals surface area contributed by atoms with Crippen LogP contribution in [-0.2, 0) is 16.0 Å². The molecule has 1 heterocycles. The third-order valence-corrected chi connectivity index (χ3v) is 5.94. The SMILES string of the molecule is COC(=O)Cc1c(C)cc2nc(Br)sc2c1-c1ccc(Cl)cc1OC(C)(C)C. The van der Waals surface area contributed by atoms with Crippen molar-refractivity contribution >= 4 is 55.1 Å². The molecule has 0 N–H and O–H groups in total. The molecule has 148 valence electrons. The van der Waals surface area contributed by atoms with Gasteiger partial charge in [0.1, 0.15) is 11.4 Å². The molecule has 0 atom stereocenters. The van der Waals surface area contributed by atoms with E-state index in [1.807, 2.05) is 52.0 Å². The van der Waals surface area contributed by atoms with E-state index >= 15 is 0 Å². The maximum atomic E-state index is 12.1. The molecule has 3 aromatic rings. The van der Waals surface area contributed by atoms with Crippen LogP contribution in [0.1, 0.15) is 31.9 Å². The number of hydrogen-bond donors (Lipinski definition) is 0. The largest absolute Gasteiger partial charge is 0.487 e. The van der Waals surface area contributed by atoms with Crippen molar-refractivity contribution in [3.05, 3.63) is 44.3 Å². The van der Waals surface area contributed by atoms with Gasteiger partial charge >= 0.3 is 5.97 Å². The first-order valence-corrected chi connectivity index (χ1v) is 10.7. The van der Waals surface area contributed by atoms with Crippen LogP contribution < -0.4 is 4.74 Å². The Labute approximate surface area is 182 Å². The number of benzene rings is 2. The molecule has 0 spiro atoms. The first-order valence-electron chi connectivity index (χ1n) is 8.73. The lowest BCUT2D eigenvalue weighted by Crippen LogP contribution is -2.23. The Kier molecular flexibility index (Phi) is 6.03. The quantitative estimate of drug-likeness (QED) is 0.394. The van der Waals surface area contributed by atoms with Crippen LogP contribution in [-0.4, -0.2) is 23.7 Å². The van der Waals surface area contributed by atoms with E-state index in [1.165, 1.54) is 18.4 Å². The fourth-order valence-electron chi connectivity index (χ4n) is 3.05. The fourth-order valence-corrected chi connectivity index (χ4v) is 4.75. The number of aromatic nitrogens is 1. The predicted molar refractivity (Wildman–Crippen MR) is 119 cm³/mol. The lowest BCUT2D eigenvalue weighted by atomic mass is 9.92. The standard InChI is InChI=1S/C21H21BrClNO3S/c1-11-8-15-19(28-20(22)24-15)18(14(11)10-17(25)26-5)13-7-6-12(23)9-16(13)27-21(2,3)4/h6-9H,10H2,1-5H3. The zero-order chi connectivity index (χ0) is 20.6. The van der Waals surface area contributed by atoms with Crippen LogP contribution in [0.2, 0.25) is 5.02 Å². The second kappa shape index (κ2) is 8.01. The van der Waals surface area contributed by atoms with Crippen LogP contribution in [0.25, 0.3) is 21.3 Å². The van der Waals surface area contributed by atoms with Crippen molar-refractivity contribution in [1.82, 2.24) is 4.98 Å². The zero-order valence-corrected chi connectivity index (χ0v) is 19.5. The molecule has 0 amide bonds. The lowest BCUT2D eigenvalue weighted by Gasteiger charge is -2.24. The third kappa shape index (κ3) is 4.50. The number of nitrogens with zero attached hydrogens (tertiary/aromatic N) is 1. The number of methoxy groups -OCH3 is 1. The summed E-state index contributed by atoms with van der Waals surface area (Å²) in [6.07, 6.45) is 0.167. The summed E-state index contributed by atoms with van der Waals surface area (Å²) in [6, 6.07) is 7.58. The van der Waals surface area contributed by atoms with Crippen LogP contribution in [0.15, 0.2) is 28.2 Å². The summed E-state index contributed by atoms with van der Waals surface area (Å²) >= 11 is 11.3. The smallest absolute Gasteiger partial charge is 0.310 e. The van der Waals surface area contributed by atoms with Crippen molar-refractivity contribution < 1.29 is 14.3 Å². The number of carbonyl (C=O) groups is 1. The second-order valence-corrected chi connectivity index (χ2v) is 10.2. The molecule has 0 saturated carbocycles. The molecule has 1 aromatic heterocycles. The fraction of sp³-hybridized carbons (Fsp3) is 0.333. The van der Waals surface area contributed by atoms with E-state index < -0.39 is 5.60 Å². The minimum absolute atomic E-state index is 0.167. The summed E-state index contributed by atoms with van der Waals surface area (Å²) in [5.74, 6) is 0.377. The Morgan fingerprint density at radius 2 is 2.00 bits per heavy atom. The molecule has 4 nitrogen and oxygen atoms in total. The van der Waals surface area contributed by atoms with Crippen molar-refractivity contribution in [2.45, 2.75) is 39.7 Å². The summed E-state index contributed by atoms with van der Waals surface area (Å²) in [6.45, 7) is 7.95. The first kappa shape index (κ1) is 21.1. The second-order valence-electron chi connectivity index (χ2n) is 7.47. The summed E-state index contributed by atoms with van der Waals surface area (Å²) < 4.78 is 12.9. The van der Waals surface area contributed by atoms with Crippen molar-refractivity contribution in [1.29, 1.82) is 0 Å². The molecule has 7 heteroatoms. The molecular weight excluding hydrogens is 462 g/mol. The topological polar surface area (TPSA) is 48.4 Å². The van der Waals surface area contributed by atoms with Gasteiger partial charge in [0.25, 0.3) is 0 Å². The third-order valence-electron chi connectivity index (χ3n) is 4.16. The molecule has 3 rings (SSSR count). The summed E-state index contributed by atoms with van der Waals surface area (Å²) in [4.78, 5) is 16.7. The molecule has 0 aliphatic rings. The maximum absolute atomic E-state index is 12.1. The van der Waals surface area contributed by atoms with Crippen molar-refractivity contribution in [2.24, 2.45) is 0 Å². The summed E-state index contributed by atoms with van der Waals surface area (Å²) in [5, 5.41) is 0.590. The highest BCUT2D eigenvalue weighted by atomic mass is 79.9. The molecule has 0 saturated heterocycles. The van der Waals surface area contributed by atoms with Crippen LogP contribution in [0.5, 0.6) is 5.75 Å². The summed E-state index contributed by atoms with van der Waals surface area (Å²) in [7, 11) is 1.40. The Hall–Kier alpha value is -1.63. The zero-order valence-electron chi connectivity index (χ0n) is 16.4. The van der Waals surface area contributed by atoms with Gasteiger partial charge in [-0.2, -0.15) is 0 Å². The number of halogens is 2. The van der Waals surface area contributed by atoms with Gasteiger partial charge in [-0.25, -0.2) is 4.98 Å². The highest BCUT2D eigenvalue weighted by Crippen LogP contribution is 2.44. The lowest BCUT2D eigenvalue weighted by molar-refractivity contribution is -0.139. The molecular formula is C21H21BrClNO3S. The highest BCUT2D eigenvalue weighted by molar-refractivity contribution is 9.11. The van der Waals surface area contributed by atoms with Crippen LogP contribution in [0, 0.1) is 6.92 Å². The Morgan fingerprint density at radius 1 is 1.29 bits per heavy atom. The Morgan fingerprint density at radius 3 is 2.64 bits per heavy atom. The minimum Gasteiger partial charge on any atom is -0.487 e. The van der Waals surface area contributed by atoms with E-state index in [0.717, 1.165) is 36.4 Å². The van der Waals surface area contributed by atoms with Crippen molar-refractivity contribution in [2.75, 3.05) is 7.11 Å². The van der Waals surface area contributed by atoms with E-state index in [-0.39, 0.29) is 12.4 Å². The van der Waals surface area contributed by atoms with Crippen LogP contribution >= 0.6 is 38.9 Å². The van der Waals surface area contributed by atoms with Gasteiger partial charge in [0.05, 0.1) is 23.7 Å². The van der Waals surface area contributed by atoms with Gasteiger partial charge in [-0.3, -0.25) is 4.79 Å². The molecule has 0 bridgehead atoms. The van der Waals surface area contributed by atoms with Gasteiger partial charge < -0.3 is 9.47 Å². The van der Waals surface area contributed by atoms with E-state index in [1.54, 1.807) is 0 Å². The highest BCUT2D eigenvalue weighted by Gasteiger charge is 2.23. The number of carbonyl (C=O) groups excluding carboxylic acids is 1. The number of esters is 1. The number of rotatable bonds is 4. The maximum Gasteiger partial charge on any atom is 0.310 e. The molecule has 0 fully saturated rings. The first-order chi connectivity index (χ1) is 13.1. The van der Waals surface area contributed by atoms with Gasteiger partial charge in [-0.05, 0) is 79.0 Å². The molecule has 2 aromatic carbocycles. The van der Waals surface area contributed by atoms with Crippen LogP contribution in [0.4, 0.5) is 0 Å². The summed E-state index contributed by atoms with van der Waals surface area (Å²) in [5.41, 5.74) is 4.15. The van der Waals surface area contributed by atoms with Crippen molar-refractivity contribution in [3.8, 4) is 16.9 Å². The minimum atomic E-state index is -0.404. The van der Waals surface area contributed by atoms with Gasteiger partial charge in [0.2, 0.25) is 0 Å². The molecule has 0 aliphatic carbocycles. The number of fused-ring (bicyclic) bond motifs is 1. The van der Waals surface area contributed by atoms with E-state index in [2.05, 4.69) is 20.9 Å². The Bertz CT molecular complexity index is 1060. The van der Waals surface area contributed by atoms with E-state index in [4.69, 9.17) is 21.1 Å².